The van der Waals surface area contributed by atoms with Crippen molar-refractivity contribution in [3.8, 4) is 5.69 Å². The minimum absolute atomic E-state index is 0.00806. The third-order valence-corrected chi connectivity index (χ3v) is 4.91. The summed E-state index contributed by atoms with van der Waals surface area (Å²) < 4.78 is 2.70. The Labute approximate surface area is 141 Å². The summed E-state index contributed by atoms with van der Waals surface area (Å²) >= 11 is 6.78. The zero-order chi connectivity index (χ0) is 16.2. The molecule has 0 atom stereocenters. The highest BCUT2D eigenvalue weighted by Crippen LogP contribution is 2.30. The molecule has 2 heterocycles. The molecule has 6 nitrogen and oxygen atoms in total. The number of pyridine rings is 1. The lowest BCUT2D eigenvalue weighted by Crippen LogP contribution is -2.24. The van der Waals surface area contributed by atoms with E-state index in [1.54, 1.807) is 12.1 Å². The van der Waals surface area contributed by atoms with Crippen LogP contribution in [-0.2, 0) is 0 Å². The van der Waals surface area contributed by atoms with Gasteiger partial charge in [-0.3, -0.25) is 24.3 Å². The minimum atomic E-state index is -0.609. The van der Waals surface area contributed by atoms with E-state index in [4.69, 9.17) is 5.73 Å². The van der Waals surface area contributed by atoms with Gasteiger partial charge in [0.05, 0.1) is 16.8 Å². The minimum Gasteiger partial charge on any atom is -0.384 e. The third kappa shape index (κ3) is 2.10. The SMILES string of the molecule is Cc1cc(-n2c(N)c3c(cc2=O)C(=O)NC3=O)c(Br)cc1Br. The number of amides is 2. The van der Waals surface area contributed by atoms with Gasteiger partial charge in [0, 0.05) is 15.0 Å². The fourth-order valence-corrected chi connectivity index (χ4v) is 3.51. The van der Waals surface area contributed by atoms with Crippen molar-refractivity contribution in [3.05, 3.63) is 54.2 Å². The van der Waals surface area contributed by atoms with Crippen LogP contribution >= 0.6 is 31.9 Å². The Balaban J connectivity index is 2.37. The molecule has 22 heavy (non-hydrogen) atoms. The first-order valence-corrected chi connectivity index (χ1v) is 7.77. The molecule has 0 fully saturated rings. The summed E-state index contributed by atoms with van der Waals surface area (Å²) in [7, 11) is 0. The molecular formula is C14H9Br2N3O3. The quantitative estimate of drug-likeness (QED) is 0.683. The zero-order valence-corrected chi connectivity index (χ0v) is 14.4. The second kappa shape index (κ2) is 5.06. The molecule has 8 heteroatoms. The lowest BCUT2D eigenvalue weighted by molar-refractivity contribution is 0.0880. The second-order valence-electron chi connectivity index (χ2n) is 4.83. The van der Waals surface area contributed by atoms with Gasteiger partial charge in [0.2, 0.25) is 0 Å². The van der Waals surface area contributed by atoms with Crippen molar-refractivity contribution in [3.63, 3.8) is 0 Å². The van der Waals surface area contributed by atoms with Crippen LogP contribution in [0.1, 0.15) is 26.3 Å². The van der Waals surface area contributed by atoms with Gasteiger partial charge in [-0.15, -0.1) is 0 Å². The molecule has 0 unspecified atom stereocenters. The maximum absolute atomic E-state index is 12.4. The fourth-order valence-electron chi connectivity index (χ4n) is 2.34. The van der Waals surface area contributed by atoms with E-state index in [0.29, 0.717) is 10.2 Å². The van der Waals surface area contributed by atoms with Crippen molar-refractivity contribution in [2.24, 2.45) is 0 Å². The topological polar surface area (TPSA) is 94.2 Å². The number of nitrogens with zero attached hydrogens (tertiary/aromatic N) is 1. The predicted octanol–water partition coefficient (Wildman–Crippen LogP) is 2.14. The first-order chi connectivity index (χ1) is 10.3. The van der Waals surface area contributed by atoms with Crippen LogP contribution in [0.3, 0.4) is 0 Å². The van der Waals surface area contributed by atoms with E-state index in [2.05, 4.69) is 37.2 Å². The van der Waals surface area contributed by atoms with Gasteiger partial charge < -0.3 is 5.73 Å². The lowest BCUT2D eigenvalue weighted by atomic mass is 10.1. The van der Waals surface area contributed by atoms with Gasteiger partial charge in [-0.25, -0.2) is 0 Å². The Bertz CT molecular complexity index is 919. The van der Waals surface area contributed by atoms with Gasteiger partial charge in [0.15, 0.2) is 0 Å². The molecule has 0 aliphatic carbocycles. The molecule has 0 spiro atoms. The number of benzene rings is 1. The molecule has 1 aliphatic heterocycles. The number of hydrogen-bond donors (Lipinski definition) is 2. The van der Waals surface area contributed by atoms with E-state index in [9.17, 15) is 14.4 Å². The molecule has 1 aromatic heterocycles. The van der Waals surface area contributed by atoms with E-state index >= 15 is 0 Å². The van der Waals surface area contributed by atoms with Crippen LogP contribution in [0.15, 0.2) is 31.9 Å². The van der Waals surface area contributed by atoms with Gasteiger partial charge in [-0.1, -0.05) is 15.9 Å². The van der Waals surface area contributed by atoms with Gasteiger partial charge in [0.1, 0.15) is 5.82 Å². The number of nitrogens with two attached hydrogens (primary N) is 1. The van der Waals surface area contributed by atoms with Crippen molar-refractivity contribution in [1.82, 2.24) is 9.88 Å². The van der Waals surface area contributed by atoms with Crippen LogP contribution < -0.4 is 16.6 Å². The molecule has 0 saturated heterocycles. The number of imide groups is 1. The summed E-state index contributed by atoms with van der Waals surface area (Å²) in [6, 6.07) is 4.66. The Kier molecular flexibility index (Phi) is 3.45. The van der Waals surface area contributed by atoms with Crippen molar-refractivity contribution >= 4 is 49.5 Å². The number of halogens is 2. The second-order valence-corrected chi connectivity index (χ2v) is 6.54. The normalized spacial score (nSPS) is 13.2. The summed E-state index contributed by atoms with van der Waals surface area (Å²) in [6.45, 7) is 1.87. The Morgan fingerprint density at radius 1 is 1.05 bits per heavy atom. The van der Waals surface area contributed by atoms with Crippen LogP contribution in [0, 0.1) is 6.92 Å². The highest BCUT2D eigenvalue weighted by molar-refractivity contribution is 9.11. The van der Waals surface area contributed by atoms with Crippen LogP contribution in [0.5, 0.6) is 0 Å². The molecule has 2 aromatic rings. The predicted molar refractivity (Wildman–Crippen MR) is 88.4 cm³/mol. The molecule has 3 N–H and O–H groups in total. The number of aromatic nitrogens is 1. The number of nitrogens with one attached hydrogen (secondary N) is 1. The number of rotatable bonds is 1. The van der Waals surface area contributed by atoms with E-state index in [1.807, 2.05) is 6.92 Å². The Hall–Kier alpha value is -1.93. The summed E-state index contributed by atoms with van der Waals surface area (Å²) in [5.74, 6) is -1.27. The molecule has 0 radical (unpaired) electrons. The number of carbonyl (C=O) groups excluding carboxylic acids is 2. The van der Waals surface area contributed by atoms with Crippen LogP contribution in [0.25, 0.3) is 5.69 Å². The van der Waals surface area contributed by atoms with E-state index in [1.165, 1.54) is 4.57 Å². The van der Waals surface area contributed by atoms with Gasteiger partial charge in [0.25, 0.3) is 17.4 Å². The number of anilines is 1. The van der Waals surface area contributed by atoms with E-state index in [-0.39, 0.29) is 16.9 Å². The van der Waals surface area contributed by atoms with Crippen LogP contribution in [0.2, 0.25) is 0 Å². The molecular weight excluding hydrogens is 418 g/mol. The van der Waals surface area contributed by atoms with E-state index < -0.39 is 17.4 Å². The summed E-state index contributed by atoms with van der Waals surface area (Å²) in [5.41, 5.74) is 6.94. The number of carbonyl (C=O) groups is 2. The first-order valence-electron chi connectivity index (χ1n) is 6.18. The molecule has 0 bridgehead atoms. The fraction of sp³-hybridized carbons (Fsp3) is 0.0714. The first kappa shape index (κ1) is 15.0. The maximum atomic E-state index is 12.4. The number of fused-ring (bicyclic) bond motifs is 1. The van der Waals surface area contributed by atoms with Crippen LogP contribution in [0.4, 0.5) is 5.82 Å². The standard InChI is InChI=1S/C14H9Br2N3O3/c1-5-2-9(8(16)4-7(5)15)19-10(20)3-6-11(12(19)17)14(22)18-13(6)21/h2-4H,17H2,1H3,(H,18,21,22). The van der Waals surface area contributed by atoms with Crippen molar-refractivity contribution in [2.45, 2.75) is 6.92 Å². The Morgan fingerprint density at radius 3 is 2.41 bits per heavy atom. The van der Waals surface area contributed by atoms with Gasteiger partial charge >= 0.3 is 0 Å². The van der Waals surface area contributed by atoms with Crippen molar-refractivity contribution < 1.29 is 9.59 Å². The largest absolute Gasteiger partial charge is 0.384 e. The summed E-state index contributed by atoms with van der Waals surface area (Å²) in [6.07, 6.45) is 0. The molecule has 0 saturated carbocycles. The monoisotopic (exact) mass is 425 g/mol. The highest BCUT2D eigenvalue weighted by atomic mass is 79.9. The summed E-state index contributed by atoms with van der Waals surface area (Å²) in [4.78, 5) is 35.9. The third-order valence-electron chi connectivity index (χ3n) is 3.42. The van der Waals surface area contributed by atoms with Gasteiger partial charge in [-0.2, -0.15) is 0 Å². The highest BCUT2D eigenvalue weighted by Gasteiger charge is 2.32. The average Bonchev–Trinajstić information content (AvgIpc) is 2.70. The average molecular weight is 427 g/mol. The number of aryl methyl sites for hydroxylation is 1. The van der Waals surface area contributed by atoms with Crippen molar-refractivity contribution in [1.29, 1.82) is 0 Å². The van der Waals surface area contributed by atoms with Crippen molar-refractivity contribution in [2.75, 3.05) is 5.73 Å². The number of hydrogen-bond acceptors (Lipinski definition) is 4. The molecule has 1 aliphatic rings. The maximum Gasteiger partial charge on any atom is 0.262 e. The molecule has 112 valence electrons. The van der Waals surface area contributed by atoms with Gasteiger partial charge in [-0.05, 0) is 40.5 Å². The van der Waals surface area contributed by atoms with Crippen LogP contribution in [-0.4, -0.2) is 16.4 Å². The molecule has 2 amide bonds. The number of nitrogen functional groups attached to an aromatic ring is 1. The Morgan fingerprint density at radius 2 is 1.73 bits per heavy atom. The lowest BCUT2D eigenvalue weighted by Gasteiger charge is -2.14. The molecule has 3 rings (SSSR count). The molecule has 1 aromatic carbocycles. The van der Waals surface area contributed by atoms with E-state index in [0.717, 1.165) is 16.1 Å². The zero-order valence-electron chi connectivity index (χ0n) is 11.2. The summed E-state index contributed by atoms with van der Waals surface area (Å²) in [5, 5.41) is 2.13. The smallest absolute Gasteiger partial charge is 0.262 e.